The fourth-order valence-corrected chi connectivity index (χ4v) is 0.108. The second kappa shape index (κ2) is 2.39. The first-order valence-electron chi connectivity index (χ1n) is 4.93. The Balaban J connectivity index is 5.14. The van der Waals surface area contributed by atoms with Crippen LogP contribution < -0.4 is 0 Å². The van der Waals surface area contributed by atoms with Gasteiger partial charge in [0.25, 0.3) is 0 Å². The topological polar surface area (TPSA) is 37.3 Å². The highest BCUT2D eigenvalue weighted by Gasteiger charge is 1.82. The SMILES string of the molecule is [2H]/C(C(=O)C([2H])([2H])[2H])=C(/O)C([2H])([2H])[2H]. The van der Waals surface area contributed by atoms with Crippen LogP contribution in [0.1, 0.15) is 23.3 Å². The lowest BCUT2D eigenvalue weighted by molar-refractivity contribution is -0.112. The third-order valence-corrected chi connectivity index (χ3v) is 0.232. The minimum absolute atomic E-state index is 1.40. The van der Waals surface area contributed by atoms with Crippen LogP contribution in [0.2, 0.25) is 0 Å². The Labute approximate surface area is 52.3 Å². The molecule has 0 aliphatic rings. The van der Waals surface area contributed by atoms with Crippen molar-refractivity contribution in [3.05, 3.63) is 11.8 Å². The van der Waals surface area contributed by atoms with Gasteiger partial charge in [-0.15, -0.1) is 0 Å². The molecule has 0 heterocycles. The van der Waals surface area contributed by atoms with E-state index < -0.39 is 31.3 Å². The largest absolute Gasteiger partial charge is 0.512 e. The first-order valence-corrected chi connectivity index (χ1v) is 1.43. The maximum Gasteiger partial charge on any atom is 0.155 e. The minimum atomic E-state index is -3.11. The van der Waals surface area contributed by atoms with Gasteiger partial charge in [0.15, 0.2) is 5.78 Å². The van der Waals surface area contributed by atoms with Crippen molar-refractivity contribution >= 4 is 5.78 Å². The van der Waals surface area contributed by atoms with E-state index in [1.807, 2.05) is 0 Å². The van der Waals surface area contributed by atoms with E-state index in [-0.39, 0.29) is 0 Å². The van der Waals surface area contributed by atoms with E-state index in [0.717, 1.165) is 0 Å². The fraction of sp³-hybridized carbons (Fsp3) is 0.400. The van der Waals surface area contributed by atoms with Crippen LogP contribution in [-0.2, 0) is 4.79 Å². The van der Waals surface area contributed by atoms with Crippen LogP contribution in [0, 0.1) is 0 Å². The van der Waals surface area contributed by atoms with Gasteiger partial charge in [-0.3, -0.25) is 4.79 Å². The molecule has 0 amide bonds. The Bertz CT molecular complexity index is 271. The highest BCUT2D eigenvalue weighted by molar-refractivity contribution is 5.87. The third kappa shape index (κ3) is 5.21. The van der Waals surface area contributed by atoms with Crippen LogP contribution in [-0.4, -0.2) is 10.9 Å². The van der Waals surface area contributed by atoms with Gasteiger partial charge >= 0.3 is 0 Å². The lowest BCUT2D eigenvalue weighted by Gasteiger charge is -1.80. The number of rotatable bonds is 1. The maximum absolute atomic E-state index is 10.8. The van der Waals surface area contributed by atoms with E-state index in [9.17, 15) is 4.79 Å². The molecule has 40 valence electrons. The third-order valence-electron chi connectivity index (χ3n) is 0.232. The molecule has 0 saturated heterocycles. The summed E-state index contributed by atoms with van der Waals surface area (Å²) < 4.78 is 46.6. The lowest BCUT2D eigenvalue weighted by Crippen LogP contribution is -1.82. The number of carbonyl (C=O) groups is 1. The predicted octanol–water partition coefficient (Wildman–Crippen LogP) is 1.04. The van der Waals surface area contributed by atoms with Gasteiger partial charge in [-0.1, -0.05) is 0 Å². The molecule has 0 aromatic carbocycles. The number of carbonyl (C=O) groups excluding carboxylic acids is 1. The first kappa shape index (κ1) is 1.13. The Morgan fingerprint density at radius 2 is 2.71 bits per heavy atom. The van der Waals surface area contributed by atoms with Crippen LogP contribution in [0.3, 0.4) is 0 Å². The summed E-state index contributed by atoms with van der Waals surface area (Å²) in [5.41, 5.74) is 0. The molecule has 0 aliphatic carbocycles. The number of allylic oxidation sites excluding steroid dienone is 2. The second-order valence-corrected chi connectivity index (χ2v) is 0.803. The second-order valence-electron chi connectivity index (χ2n) is 0.803. The molecule has 0 rings (SSSR count). The molecule has 0 atom stereocenters. The highest BCUT2D eigenvalue weighted by Crippen LogP contribution is 1.82. The minimum Gasteiger partial charge on any atom is -0.512 e. The van der Waals surface area contributed by atoms with Crippen molar-refractivity contribution in [2.75, 3.05) is 0 Å². The van der Waals surface area contributed by atoms with Crippen molar-refractivity contribution in [3.8, 4) is 0 Å². The molecule has 0 radical (unpaired) electrons. The molecule has 0 aromatic heterocycles. The van der Waals surface area contributed by atoms with Crippen LogP contribution in [0.15, 0.2) is 11.8 Å². The molecule has 2 heteroatoms. The summed E-state index contributed by atoms with van der Waals surface area (Å²) in [6.07, 6.45) is 0. The molecule has 1 N–H and O–H groups in total. The molecule has 0 fully saturated rings. The van der Waals surface area contributed by atoms with Crippen molar-refractivity contribution in [1.29, 1.82) is 0 Å². The molecule has 0 bridgehead atoms. The van der Waals surface area contributed by atoms with Gasteiger partial charge in [0.05, 0.1) is 7.13 Å². The smallest absolute Gasteiger partial charge is 0.155 e. The molecule has 0 spiro atoms. The Morgan fingerprint density at radius 1 is 2.00 bits per heavy atom. The standard InChI is InChI=1S/C5H8O2/c1-4(6)3-5(2)7/h3,6H,1-2H3/b4-3-/i1D3,2D3,3D. The van der Waals surface area contributed by atoms with Gasteiger partial charge in [-0.2, -0.15) is 0 Å². The zero-order chi connectivity index (χ0) is 11.7. The van der Waals surface area contributed by atoms with Gasteiger partial charge in [0.2, 0.25) is 0 Å². The predicted molar refractivity (Wildman–Crippen MR) is 27.1 cm³/mol. The van der Waals surface area contributed by atoms with Crippen LogP contribution in [0.25, 0.3) is 0 Å². The molecule has 7 heavy (non-hydrogen) atoms. The Morgan fingerprint density at radius 3 is 3.14 bits per heavy atom. The van der Waals surface area contributed by atoms with Crippen molar-refractivity contribution in [1.82, 2.24) is 0 Å². The van der Waals surface area contributed by atoms with Crippen LogP contribution in [0.4, 0.5) is 0 Å². The van der Waals surface area contributed by atoms with Crippen molar-refractivity contribution in [3.63, 3.8) is 0 Å². The average molecular weight is 107 g/mol. The van der Waals surface area contributed by atoms with Gasteiger partial charge in [-0.05, 0) is 13.7 Å². The summed E-state index contributed by atoms with van der Waals surface area (Å²) in [5, 5.41) is 8.85. The molecule has 2 nitrogen and oxygen atoms in total. The summed E-state index contributed by atoms with van der Waals surface area (Å²) in [4.78, 5) is 10.8. The van der Waals surface area contributed by atoms with Gasteiger partial charge in [0.1, 0.15) is 0 Å². The summed E-state index contributed by atoms with van der Waals surface area (Å²) in [5.74, 6) is -3.19. The molecule has 0 saturated carbocycles. The van der Waals surface area contributed by atoms with Crippen molar-refractivity contribution in [2.45, 2.75) is 13.7 Å². The van der Waals surface area contributed by atoms with Gasteiger partial charge in [-0.25, -0.2) is 0 Å². The number of aliphatic hydroxyl groups excluding tert-OH is 1. The molecular weight excluding hydrogens is 92.1 g/mol. The van der Waals surface area contributed by atoms with E-state index in [1.54, 1.807) is 0 Å². The Kier molecular flexibility index (Phi) is 0.387. The summed E-state index contributed by atoms with van der Waals surface area (Å²) >= 11 is 0. The quantitative estimate of drug-likeness (QED) is 0.401. The average Bonchev–Trinajstić information content (AvgIpc) is 1.97. The molecule has 0 aliphatic heterocycles. The van der Waals surface area contributed by atoms with Crippen LogP contribution in [0.5, 0.6) is 0 Å². The van der Waals surface area contributed by atoms with Crippen LogP contribution >= 0.6 is 0 Å². The lowest BCUT2D eigenvalue weighted by atomic mass is 10.4. The first-order chi connectivity index (χ1) is 5.98. The maximum atomic E-state index is 10.8. The number of hydrogen-bond acceptors (Lipinski definition) is 2. The summed E-state index contributed by atoms with van der Waals surface area (Å²) in [6.45, 7) is -6.16. The number of ketones is 1. The van der Waals surface area contributed by atoms with E-state index in [1.165, 1.54) is 0 Å². The molecule has 0 unspecified atom stereocenters. The molecular formula is C5H8O2. The molecule has 0 aromatic rings. The zero-order valence-electron chi connectivity index (χ0n) is 10.4. The fourth-order valence-electron chi connectivity index (χ4n) is 0.108. The van der Waals surface area contributed by atoms with E-state index in [2.05, 4.69) is 0 Å². The Hall–Kier alpha value is -0.790. The van der Waals surface area contributed by atoms with Gasteiger partial charge in [0, 0.05) is 14.3 Å². The summed E-state index contributed by atoms with van der Waals surface area (Å²) in [6, 6.07) is -1.40. The van der Waals surface area contributed by atoms with E-state index in [4.69, 9.17) is 14.7 Å². The monoisotopic (exact) mass is 107 g/mol. The van der Waals surface area contributed by atoms with E-state index in [0.29, 0.717) is 0 Å². The van der Waals surface area contributed by atoms with Crippen molar-refractivity contribution in [2.24, 2.45) is 0 Å². The number of hydrogen-bond donors (Lipinski definition) is 1. The van der Waals surface area contributed by atoms with E-state index >= 15 is 0 Å². The van der Waals surface area contributed by atoms with Crippen molar-refractivity contribution < 1.29 is 19.5 Å². The van der Waals surface area contributed by atoms with Gasteiger partial charge < -0.3 is 5.11 Å². The normalized spacial score (nSPS) is 31.1. The number of aliphatic hydroxyl groups is 1. The summed E-state index contributed by atoms with van der Waals surface area (Å²) in [7, 11) is 0. The highest BCUT2D eigenvalue weighted by atomic mass is 16.3. The zero-order valence-corrected chi connectivity index (χ0v) is 3.36.